The highest BCUT2D eigenvalue weighted by Crippen LogP contribution is 2.44. The van der Waals surface area contributed by atoms with Gasteiger partial charge in [0.2, 0.25) is 0 Å². The molecule has 0 bridgehead atoms. The fourth-order valence-corrected chi connectivity index (χ4v) is 4.54. The molecule has 2 aliphatic heterocycles. The molecule has 0 spiro atoms. The van der Waals surface area contributed by atoms with E-state index < -0.39 is 24.3 Å². The first-order valence-electron chi connectivity index (χ1n) is 9.71. The van der Waals surface area contributed by atoms with Crippen LogP contribution in [0.4, 0.5) is 4.79 Å². The van der Waals surface area contributed by atoms with Gasteiger partial charge in [-0.3, -0.25) is 4.90 Å². The number of aliphatic carboxylic acids is 1. The number of carboxylic acid groups (broad SMARTS) is 1. The number of carbonyl (C=O) groups is 2. The Morgan fingerprint density at radius 3 is 2.34 bits per heavy atom. The Morgan fingerprint density at radius 1 is 1.03 bits per heavy atom. The van der Waals surface area contributed by atoms with Crippen LogP contribution in [0.5, 0.6) is 0 Å². The van der Waals surface area contributed by atoms with Crippen LogP contribution >= 0.6 is 0 Å². The van der Waals surface area contributed by atoms with E-state index >= 15 is 0 Å². The Kier molecular flexibility index (Phi) is 4.49. The van der Waals surface area contributed by atoms with Gasteiger partial charge in [0.05, 0.1) is 25.8 Å². The standard InChI is InChI=1S/C22H21NO6/c24-21(25)19-9-23(18-11-27-12-20(18)29-19)22(26)28-10-17-15-7-3-1-5-13(15)14-6-2-4-8-16(14)17/h1-8,17-20H,9-12H2,(H,24,25). The fourth-order valence-electron chi connectivity index (χ4n) is 4.54. The average Bonchev–Trinajstić information content (AvgIpc) is 3.34. The van der Waals surface area contributed by atoms with E-state index in [1.807, 2.05) is 24.3 Å². The quantitative estimate of drug-likeness (QED) is 0.860. The highest BCUT2D eigenvalue weighted by Gasteiger charge is 2.46. The van der Waals surface area contributed by atoms with Crippen LogP contribution in [-0.4, -0.2) is 66.7 Å². The number of ether oxygens (including phenoxy) is 3. The number of fused-ring (bicyclic) bond motifs is 4. The Morgan fingerprint density at radius 2 is 1.69 bits per heavy atom. The van der Waals surface area contributed by atoms with E-state index in [1.165, 1.54) is 4.90 Å². The maximum Gasteiger partial charge on any atom is 0.410 e. The molecule has 3 unspecified atom stereocenters. The zero-order valence-corrected chi connectivity index (χ0v) is 15.7. The molecule has 2 fully saturated rings. The lowest BCUT2D eigenvalue weighted by Crippen LogP contribution is -2.58. The fraction of sp³-hybridized carbons (Fsp3) is 0.364. The number of hydrogen-bond donors (Lipinski definition) is 1. The molecule has 0 radical (unpaired) electrons. The summed E-state index contributed by atoms with van der Waals surface area (Å²) in [5.41, 5.74) is 4.58. The van der Waals surface area contributed by atoms with Crippen LogP contribution < -0.4 is 0 Å². The van der Waals surface area contributed by atoms with Crippen LogP contribution in [0.15, 0.2) is 48.5 Å². The van der Waals surface area contributed by atoms with Crippen LogP contribution in [0.1, 0.15) is 17.0 Å². The molecule has 7 heteroatoms. The van der Waals surface area contributed by atoms with E-state index in [2.05, 4.69) is 24.3 Å². The number of carboxylic acids is 1. The van der Waals surface area contributed by atoms with E-state index in [1.54, 1.807) is 0 Å². The van der Waals surface area contributed by atoms with E-state index in [9.17, 15) is 14.7 Å². The van der Waals surface area contributed by atoms with Crippen molar-refractivity contribution < 1.29 is 28.9 Å². The van der Waals surface area contributed by atoms with Gasteiger partial charge in [-0.1, -0.05) is 48.5 Å². The summed E-state index contributed by atoms with van der Waals surface area (Å²) in [5.74, 6) is -1.13. The number of hydrogen-bond acceptors (Lipinski definition) is 5. The molecule has 5 rings (SSSR count). The Bertz CT molecular complexity index is 914. The largest absolute Gasteiger partial charge is 0.479 e. The third kappa shape index (κ3) is 3.07. The first kappa shape index (κ1) is 18.1. The van der Waals surface area contributed by atoms with Crippen molar-refractivity contribution in [3.8, 4) is 11.1 Å². The molecule has 0 aromatic heterocycles. The summed E-state index contributed by atoms with van der Waals surface area (Å²) < 4.78 is 16.7. The maximum atomic E-state index is 12.9. The van der Waals surface area contributed by atoms with Crippen LogP contribution in [0, 0.1) is 0 Å². The molecule has 2 heterocycles. The van der Waals surface area contributed by atoms with Crippen LogP contribution in [-0.2, 0) is 19.0 Å². The van der Waals surface area contributed by atoms with Crippen molar-refractivity contribution in [3.63, 3.8) is 0 Å². The van der Waals surface area contributed by atoms with Gasteiger partial charge in [0.15, 0.2) is 6.10 Å². The van der Waals surface area contributed by atoms with Crippen LogP contribution in [0.3, 0.4) is 0 Å². The lowest BCUT2D eigenvalue weighted by molar-refractivity contribution is -0.165. The zero-order valence-electron chi connectivity index (χ0n) is 15.7. The molecule has 2 aromatic carbocycles. The molecule has 150 valence electrons. The number of nitrogens with zero attached hydrogens (tertiary/aromatic N) is 1. The molecule has 0 saturated carbocycles. The normalized spacial score (nSPS) is 25.2. The second-order valence-electron chi connectivity index (χ2n) is 7.56. The minimum Gasteiger partial charge on any atom is -0.479 e. The Labute approximate surface area is 167 Å². The number of amides is 1. The van der Waals surface area contributed by atoms with E-state index in [0.717, 1.165) is 22.3 Å². The smallest absolute Gasteiger partial charge is 0.410 e. The first-order valence-corrected chi connectivity index (χ1v) is 9.71. The average molecular weight is 395 g/mol. The minimum atomic E-state index is -1.09. The van der Waals surface area contributed by atoms with Gasteiger partial charge >= 0.3 is 12.1 Å². The molecule has 7 nitrogen and oxygen atoms in total. The van der Waals surface area contributed by atoms with Crippen molar-refractivity contribution in [3.05, 3.63) is 59.7 Å². The Balaban J connectivity index is 1.35. The van der Waals surface area contributed by atoms with Gasteiger partial charge in [0.1, 0.15) is 12.7 Å². The third-order valence-corrected chi connectivity index (χ3v) is 5.95. The van der Waals surface area contributed by atoms with Gasteiger partial charge < -0.3 is 19.3 Å². The van der Waals surface area contributed by atoms with E-state index in [4.69, 9.17) is 14.2 Å². The summed E-state index contributed by atoms with van der Waals surface area (Å²) in [6, 6.07) is 15.9. The molecule has 29 heavy (non-hydrogen) atoms. The summed E-state index contributed by atoms with van der Waals surface area (Å²) in [7, 11) is 0. The van der Waals surface area contributed by atoms with Gasteiger partial charge in [-0.2, -0.15) is 0 Å². The number of carbonyl (C=O) groups excluding carboxylic acids is 1. The van der Waals surface area contributed by atoms with Crippen molar-refractivity contribution in [1.29, 1.82) is 0 Å². The molecular formula is C22H21NO6. The Hall–Kier alpha value is -2.90. The lowest BCUT2D eigenvalue weighted by atomic mass is 9.98. The van der Waals surface area contributed by atoms with Crippen molar-refractivity contribution in [2.24, 2.45) is 0 Å². The molecule has 2 aromatic rings. The zero-order chi connectivity index (χ0) is 20.0. The predicted octanol–water partition coefficient (Wildman–Crippen LogP) is 2.49. The minimum absolute atomic E-state index is 0.0433. The van der Waals surface area contributed by atoms with Gasteiger partial charge in [-0.15, -0.1) is 0 Å². The number of rotatable bonds is 3. The molecule has 3 atom stereocenters. The topological polar surface area (TPSA) is 85.3 Å². The van der Waals surface area contributed by atoms with Gasteiger partial charge in [0.25, 0.3) is 0 Å². The number of benzene rings is 2. The highest BCUT2D eigenvalue weighted by atomic mass is 16.6. The SMILES string of the molecule is O=C(O)C1CN(C(=O)OCC2c3ccccc3-c3ccccc32)C2COCC2O1. The molecule has 2 saturated heterocycles. The van der Waals surface area contributed by atoms with Crippen molar-refractivity contribution in [2.75, 3.05) is 26.4 Å². The summed E-state index contributed by atoms with van der Waals surface area (Å²) in [5, 5.41) is 9.33. The van der Waals surface area contributed by atoms with E-state index in [-0.39, 0.29) is 31.7 Å². The van der Waals surface area contributed by atoms with Gasteiger partial charge in [-0.25, -0.2) is 9.59 Å². The van der Waals surface area contributed by atoms with Crippen molar-refractivity contribution >= 4 is 12.1 Å². The molecule has 3 aliphatic rings. The molecule has 1 amide bonds. The summed E-state index contributed by atoms with van der Waals surface area (Å²) in [6.07, 6.45) is -2.04. The molecule has 1 aliphatic carbocycles. The summed E-state index contributed by atoms with van der Waals surface area (Å²) in [6.45, 7) is 0.750. The lowest BCUT2D eigenvalue weighted by Gasteiger charge is -2.38. The second-order valence-corrected chi connectivity index (χ2v) is 7.56. The molecule has 1 N–H and O–H groups in total. The van der Waals surface area contributed by atoms with Crippen molar-refractivity contribution in [1.82, 2.24) is 4.90 Å². The van der Waals surface area contributed by atoms with Crippen LogP contribution in [0.2, 0.25) is 0 Å². The molecular weight excluding hydrogens is 374 g/mol. The second kappa shape index (κ2) is 7.17. The maximum absolute atomic E-state index is 12.9. The highest BCUT2D eigenvalue weighted by molar-refractivity contribution is 5.79. The number of morpholine rings is 1. The third-order valence-electron chi connectivity index (χ3n) is 5.95. The summed E-state index contributed by atoms with van der Waals surface area (Å²) in [4.78, 5) is 25.7. The van der Waals surface area contributed by atoms with E-state index in [0.29, 0.717) is 6.61 Å². The van der Waals surface area contributed by atoms with Gasteiger partial charge in [-0.05, 0) is 22.3 Å². The first-order chi connectivity index (χ1) is 14.1. The predicted molar refractivity (Wildman–Crippen MR) is 103 cm³/mol. The van der Waals surface area contributed by atoms with Crippen LogP contribution in [0.25, 0.3) is 11.1 Å². The van der Waals surface area contributed by atoms with Gasteiger partial charge in [0, 0.05) is 5.92 Å². The monoisotopic (exact) mass is 395 g/mol. The summed E-state index contributed by atoms with van der Waals surface area (Å²) >= 11 is 0. The van der Waals surface area contributed by atoms with Crippen molar-refractivity contribution in [2.45, 2.75) is 24.2 Å².